The van der Waals surface area contributed by atoms with E-state index in [0.717, 1.165) is 90.3 Å². The number of piperidine rings is 1. The molecule has 30 heteroatoms. The summed E-state index contributed by atoms with van der Waals surface area (Å²) < 4.78 is 11.1. The number of likely N-dealkylation sites (N-methyl/N-ethyl adjacent to an activating group) is 1. The van der Waals surface area contributed by atoms with Crippen molar-refractivity contribution in [2.75, 3.05) is 83.7 Å². The van der Waals surface area contributed by atoms with Gasteiger partial charge in [-0.05, 0) is 40.0 Å². The van der Waals surface area contributed by atoms with Crippen LogP contribution in [-0.2, 0) is 34.1 Å². The molecule has 2 N–H and O–H groups in total. The van der Waals surface area contributed by atoms with Crippen LogP contribution >= 0.6 is 39.1 Å². The fourth-order valence-corrected chi connectivity index (χ4v) is 12.6. The van der Waals surface area contributed by atoms with E-state index in [4.69, 9.17) is 48.0 Å². The number of ketones is 8. The molecule has 8 aromatic rings. The number of morpholine rings is 1. The molecule has 0 radical (unpaired) electrons. The van der Waals surface area contributed by atoms with E-state index in [1.807, 2.05) is 99.5 Å². The molecule has 0 spiro atoms. The maximum absolute atomic E-state index is 12.8. The number of aromatic amines is 1. The number of ether oxygens (including phenoxy) is 1. The van der Waals surface area contributed by atoms with Gasteiger partial charge in [-0.25, -0.2) is 19.9 Å². The zero-order valence-electron chi connectivity index (χ0n) is 63.6. The van der Waals surface area contributed by atoms with Crippen LogP contribution in [0.2, 0.25) is 0 Å². The summed E-state index contributed by atoms with van der Waals surface area (Å²) in [6.45, 7) is 25.2. The van der Waals surface area contributed by atoms with Crippen LogP contribution in [0.25, 0.3) is 45.0 Å². The second-order valence-electron chi connectivity index (χ2n) is 26.1. The van der Waals surface area contributed by atoms with E-state index in [1.165, 1.54) is 32.4 Å². The first-order valence-corrected chi connectivity index (χ1v) is 36.4. The molecule has 2 saturated heterocycles. The third-order valence-electron chi connectivity index (χ3n) is 17.4. The number of carbonyl (C=O) groups excluding carboxylic acids is 9. The van der Waals surface area contributed by atoms with Crippen molar-refractivity contribution in [1.82, 2.24) is 53.7 Å². The molecule has 0 saturated carbocycles. The number of Topliss-reactive ketones (excluding diaryl/α,β-unsaturated/α-hetero) is 8. The van der Waals surface area contributed by atoms with Gasteiger partial charge in [-0.2, -0.15) is 0 Å². The van der Waals surface area contributed by atoms with Crippen molar-refractivity contribution in [3.8, 4) is 45.0 Å². The van der Waals surface area contributed by atoms with E-state index in [1.54, 1.807) is 53.1 Å². The van der Waals surface area contributed by atoms with E-state index < -0.39 is 46.3 Å². The molecule has 550 valence electrons. The van der Waals surface area contributed by atoms with Crippen LogP contribution in [0.15, 0.2) is 97.1 Å². The van der Waals surface area contributed by atoms with Crippen LogP contribution < -0.4 is 189 Å². The van der Waals surface area contributed by atoms with Crippen molar-refractivity contribution in [1.29, 1.82) is 0 Å². The monoisotopic (exact) mass is 1740 g/mol. The number of imidazole rings is 4. The number of H-pyrrole nitrogens is 1. The third-order valence-corrected chi connectivity index (χ3v) is 18.6. The van der Waals surface area contributed by atoms with Crippen LogP contribution in [0, 0.1) is 0 Å². The van der Waals surface area contributed by atoms with Crippen molar-refractivity contribution in [2.45, 2.75) is 118 Å². The molecular weight excluding hydrogens is 1650 g/mol. The summed E-state index contributed by atoms with van der Waals surface area (Å²) in [5.74, 6) is 1.32. The molecule has 4 aliphatic carbocycles. The molecule has 14 rings (SSSR count). The normalized spacial score (nSPS) is 14.1. The second-order valence-corrected chi connectivity index (χ2v) is 27.6. The number of aromatic nitrogens is 8. The predicted octanol–water partition coefficient (Wildman–Crippen LogP) is -0.188. The Balaban J connectivity index is 0.000000345. The van der Waals surface area contributed by atoms with E-state index in [9.17, 15) is 38.4 Å². The number of nitrogens with zero attached hydrogens (tertiary/aromatic N) is 9. The zero-order chi connectivity index (χ0) is 74.1. The summed E-state index contributed by atoms with van der Waals surface area (Å²) >= 11 is 14.1. The van der Waals surface area contributed by atoms with Crippen LogP contribution in [0.1, 0.15) is 206 Å². The standard InChI is InChI=1S/C20H23N3O3.C18H21N3O2.C16H15ClN2O2.C14H12N2O2.C5H11N.C2H4BrCl.CH2O3.HI.3K.H/c1-13(2)20-21-16-14-5-3-4-6-15(14)18(24)19(25)17(16)23(20)8-7-22-9-11-26-12-10-22;1-11(2)18-19-14-12-7-5-6-8-13(12)16(22)17(23)15(14)21(18)10-9-20(3)4;1-9(2)16-18-12-10-5-3-4-6-11(10)14(20)15(21)13(12)19(16)8-7-17;1-7(2)14-15-10-8-5-3-4-6-9(8)12(17)13(18)11(10)16-14;1-2-4-6-5-3-1;3-1-2-4;2-1-4-3;;;;;/h3-6,13H,7-12H2,1-2H3;5-8,11H,9-10H2,1-4H3;3-6,9H,7-8H2,1-2H3;3-7H,1-2H3,(H,15,16);6H,1-5H2;1-2H2;1,3H;1H;;;;/q;;;;;;;;3*+1;-1/p-2. The number of carbonyl (C=O) groups is 9. The van der Waals surface area contributed by atoms with Crippen LogP contribution in [0.5, 0.6) is 0 Å². The summed E-state index contributed by atoms with van der Waals surface area (Å²) in [4.78, 5) is 136. The van der Waals surface area contributed by atoms with Gasteiger partial charge in [0.15, 0.2) is 0 Å². The number of benzene rings is 4. The van der Waals surface area contributed by atoms with E-state index in [-0.39, 0.29) is 210 Å². The molecule has 6 aliphatic rings. The number of nitrogens with one attached hydrogen (secondary N) is 2. The second kappa shape index (κ2) is 46.3. The average molecular weight is 1740 g/mol. The molecule has 4 aromatic heterocycles. The molecule has 0 atom stereocenters. The fourth-order valence-electron chi connectivity index (χ4n) is 12.4. The first-order valence-electron chi connectivity index (χ1n) is 34.2. The van der Waals surface area contributed by atoms with Crippen LogP contribution in [0.4, 0.5) is 0 Å². The summed E-state index contributed by atoms with van der Waals surface area (Å²) in [6.07, 6.45) is 4.22. The molecular formula is C76H88BrCl2IK3N11O12. The quantitative estimate of drug-likeness (QED) is 0.0271. The van der Waals surface area contributed by atoms with Crippen molar-refractivity contribution in [3.63, 3.8) is 0 Å². The largest absolute Gasteiger partial charge is 1.00 e. The van der Waals surface area contributed by atoms with Gasteiger partial charge in [0, 0.05) is 131 Å². The molecule has 0 unspecified atom stereocenters. The zero-order valence-corrected chi connectivity index (χ0v) is 77.2. The minimum absolute atomic E-state index is 0. The smallest absolute Gasteiger partial charge is 1.00 e. The molecule has 2 fully saturated rings. The van der Waals surface area contributed by atoms with Gasteiger partial charge in [0.2, 0.25) is 23.1 Å². The number of hydrogen-bond acceptors (Lipinski definition) is 19. The van der Waals surface area contributed by atoms with Crippen molar-refractivity contribution >= 4 is 91.9 Å². The summed E-state index contributed by atoms with van der Waals surface area (Å²) in [5.41, 5.74) is 8.86. The Kier molecular flexibility index (Phi) is 41.7. The van der Waals surface area contributed by atoms with Gasteiger partial charge >= 0.3 is 154 Å². The third kappa shape index (κ3) is 22.9. The molecule has 106 heavy (non-hydrogen) atoms. The Morgan fingerprint density at radius 2 is 0.849 bits per heavy atom. The molecule has 4 aromatic carbocycles. The minimum atomic E-state index is -0.497. The molecule has 6 heterocycles. The number of rotatable bonds is 14. The minimum Gasteiger partial charge on any atom is -1.00 e. The van der Waals surface area contributed by atoms with Crippen LogP contribution in [-0.4, -0.2) is 185 Å². The Bertz CT molecular complexity index is 4390. The molecule has 2 aliphatic heterocycles. The van der Waals surface area contributed by atoms with Gasteiger partial charge < -0.3 is 69.2 Å². The van der Waals surface area contributed by atoms with Gasteiger partial charge in [0.25, 0.3) is 29.6 Å². The van der Waals surface area contributed by atoms with Crippen molar-refractivity contribution in [3.05, 3.63) is 165 Å². The van der Waals surface area contributed by atoms with Crippen LogP contribution in [0.3, 0.4) is 0 Å². The van der Waals surface area contributed by atoms with Crippen molar-refractivity contribution in [2.24, 2.45) is 0 Å². The van der Waals surface area contributed by atoms with Gasteiger partial charge in [0.1, 0.15) is 68.8 Å². The predicted molar refractivity (Wildman–Crippen MR) is 394 cm³/mol. The molecule has 0 bridgehead atoms. The summed E-state index contributed by atoms with van der Waals surface area (Å²) in [7, 11) is 3.97. The number of hydrogen-bond donors (Lipinski definition) is 2. The van der Waals surface area contributed by atoms with Gasteiger partial charge in [0.05, 0.1) is 13.2 Å². The van der Waals surface area contributed by atoms with E-state index in [2.05, 4.69) is 78.6 Å². The topological polar surface area (TPSA) is 296 Å². The Morgan fingerprint density at radius 1 is 0.509 bits per heavy atom. The SMILES string of the molecule is C1CCNCC1.CC(C)c1nc2c([nH]1)C(=O)C(=O)c1ccccc1-2.CC(C)c1nc2c(n1CCCl)C(=O)C(=O)c1ccccc1-2.CC(C)c1nc2c(n1CCN(C)C)C(=O)C(=O)c1ccccc1-2.CC(C)c1nc2c(n1CCN1CCOCC1)C(=O)C(=O)c1ccccc1-2.ClCCBr.O=CO[O-].[H-].[I-].[K+].[K+].[K+]. The maximum atomic E-state index is 12.8. The van der Waals surface area contributed by atoms with Gasteiger partial charge in [-0.15, -0.1) is 23.2 Å². The first-order chi connectivity index (χ1) is 49.0. The van der Waals surface area contributed by atoms with Gasteiger partial charge in [-0.1, -0.05) is 175 Å². The van der Waals surface area contributed by atoms with Crippen molar-refractivity contribution < 1.29 is 238 Å². The summed E-state index contributed by atoms with van der Waals surface area (Å²) in [5, 5.41) is 12.6. The van der Waals surface area contributed by atoms with Gasteiger partial charge in [-0.3, -0.25) is 48.1 Å². The number of fused-ring (bicyclic) bond motifs is 12. The summed E-state index contributed by atoms with van der Waals surface area (Å²) in [6, 6.07) is 28.7. The molecule has 0 amide bonds. The first kappa shape index (κ1) is 95.4. The number of alkyl halides is 3. The Hall–Kier alpha value is -2.95. The molecule has 23 nitrogen and oxygen atoms in total. The Morgan fingerprint density at radius 3 is 1.15 bits per heavy atom. The number of halogens is 4. The Labute approximate surface area is 783 Å². The maximum Gasteiger partial charge on any atom is 1.00 e. The van der Waals surface area contributed by atoms with E-state index in [0.29, 0.717) is 99.2 Å². The fraction of sp³-hybridized carbons (Fsp3) is 0.408. The van der Waals surface area contributed by atoms with E-state index >= 15 is 0 Å². The average Bonchev–Trinajstić information content (AvgIpc) is 1.63.